The van der Waals surface area contributed by atoms with Crippen molar-refractivity contribution >= 4 is 11.4 Å². The first kappa shape index (κ1) is 15.1. The molecule has 2 aromatic carbocycles. The van der Waals surface area contributed by atoms with E-state index in [0.717, 1.165) is 16.9 Å². The second kappa shape index (κ2) is 7.47. The number of nitrogens with one attached hydrogen (secondary N) is 1. The van der Waals surface area contributed by atoms with Crippen molar-refractivity contribution in [2.24, 2.45) is 0 Å². The van der Waals surface area contributed by atoms with Crippen molar-refractivity contribution < 1.29 is 0 Å². The van der Waals surface area contributed by atoms with E-state index in [1.165, 1.54) is 11.6 Å². The normalized spacial score (nSPS) is 10.2. The van der Waals surface area contributed by atoms with Gasteiger partial charge in [0.15, 0.2) is 0 Å². The van der Waals surface area contributed by atoms with Crippen LogP contribution in [0.25, 0.3) is 5.70 Å². The Morgan fingerprint density at radius 3 is 2.14 bits per heavy atom. The first-order valence-corrected chi connectivity index (χ1v) is 6.84. The molecule has 2 aromatic rings. The van der Waals surface area contributed by atoms with Gasteiger partial charge in [-0.15, -0.1) is 0 Å². The van der Waals surface area contributed by atoms with Crippen LogP contribution in [0.5, 0.6) is 0 Å². The summed E-state index contributed by atoms with van der Waals surface area (Å²) in [6.45, 7) is 2.03. The van der Waals surface area contributed by atoms with E-state index in [9.17, 15) is 0 Å². The maximum atomic E-state index is 8.85. The number of benzene rings is 2. The van der Waals surface area contributed by atoms with Gasteiger partial charge in [-0.2, -0.15) is 10.5 Å². The molecule has 3 heteroatoms. The minimum Gasteiger partial charge on any atom is -0.355 e. The molecule has 0 unspecified atom stereocenters. The highest BCUT2D eigenvalue weighted by Gasteiger charge is 2.02. The minimum atomic E-state index is 0.0690. The Balaban J connectivity index is 2.39. The molecule has 2 rings (SSSR count). The molecule has 0 bridgehead atoms. The molecular weight excluding hydrogens is 270 g/mol. The van der Waals surface area contributed by atoms with Crippen LogP contribution >= 0.6 is 0 Å². The highest BCUT2D eigenvalue weighted by molar-refractivity contribution is 5.78. The second-order valence-electron chi connectivity index (χ2n) is 4.74. The topological polar surface area (TPSA) is 59.6 Å². The number of anilines is 1. The summed E-state index contributed by atoms with van der Waals surface area (Å²) in [6.07, 6.45) is 3.27. The Morgan fingerprint density at radius 1 is 0.909 bits per heavy atom. The average Bonchev–Trinajstić information content (AvgIpc) is 2.56. The van der Waals surface area contributed by atoms with Gasteiger partial charge < -0.3 is 5.32 Å². The average molecular weight is 285 g/mol. The van der Waals surface area contributed by atoms with Crippen LogP contribution in [0.2, 0.25) is 0 Å². The van der Waals surface area contributed by atoms with E-state index < -0.39 is 0 Å². The molecule has 106 valence electrons. The Labute approximate surface area is 130 Å². The molecule has 0 radical (unpaired) electrons. The molecule has 0 heterocycles. The van der Waals surface area contributed by atoms with Gasteiger partial charge in [-0.05, 0) is 36.8 Å². The van der Waals surface area contributed by atoms with E-state index in [4.69, 9.17) is 10.5 Å². The third-order valence-corrected chi connectivity index (χ3v) is 3.07. The number of hydrogen-bond donors (Lipinski definition) is 1. The third kappa shape index (κ3) is 4.10. The Hall–Kier alpha value is -3.30. The first-order chi connectivity index (χ1) is 10.7. The highest BCUT2D eigenvalue weighted by atomic mass is 14.9. The maximum absolute atomic E-state index is 8.85. The molecule has 0 saturated heterocycles. The summed E-state index contributed by atoms with van der Waals surface area (Å²) < 4.78 is 0. The molecule has 0 spiro atoms. The van der Waals surface area contributed by atoms with Gasteiger partial charge in [-0.25, -0.2) is 0 Å². The van der Waals surface area contributed by atoms with Gasteiger partial charge in [0.1, 0.15) is 17.7 Å². The number of hydrogen-bond acceptors (Lipinski definition) is 3. The number of para-hydroxylation sites is 1. The van der Waals surface area contributed by atoms with E-state index >= 15 is 0 Å². The van der Waals surface area contributed by atoms with Crippen LogP contribution in [0.1, 0.15) is 11.1 Å². The van der Waals surface area contributed by atoms with Crippen LogP contribution in [-0.2, 0) is 0 Å². The van der Waals surface area contributed by atoms with Crippen LogP contribution in [0.3, 0.4) is 0 Å². The molecule has 0 atom stereocenters. The number of nitriles is 2. The summed E-state index contributed by atoms with van der Waals surface area (Å²) in [7, 11) is 0. The molecule has 3 nitrogen and oxygen atoms in total. The molecule has 0 fully saturated rings. The standard InChI is InChI=1S/C19H15N3/c1-15-7-10-17(11-8-15)19(12-9-16(13-20)14-21)22-18-5-3-2-4-6-18/h2-12,22H,1H3/b19-12+. The van der Waals surface area contributed by atoms with Crippen molar-refractivity contribution in [3.63, 3.8) is 0 Å². The minimum absolute atomic E-state index is 0.0690. The van der Waals surface area contributed by atoms with E-state index in [1.807, 2.05) is 73.7 Å². The molecule has 0 aliphatic carbocycles. The second-order valence-corrected chi connectivity index (χ2v) is 4.74. The lowest BCUT2D eigenvalue weighted by Crippen LogP contribution is -1.98. The smallest absolute Gasteiger partial charge is 0.129 e. The number of rotatable bonds is 4. The van der Waals surface area contributed by atoms with Crippen LogP contribution in [-0.4, -0.2) is 0 Å². The molecule has 22 heavy (non-hydrogen) atoms. The summed E-state index contributed by atoms with van der Waals surface area (Å²) in [5.41, 5.74) is 4.00. The zero-order valence-corrected chi connectivity index (χ0v) is 12.2. The van der Waals surface area contributed by atoms with Crippen LogP contribution < -0.4 is 5.32 Å². The Morgan fingerprint density at radius 2 is 1.55 bits per heavy atom. The van der Waals surface area contributed by atoms with Crippen molar-refractivity contribution in [1.82, 2.24) is 0 Å². The van der Waals surface area contributed by atoms with E-state index in [0.29, 0.717) is 0 Å². The lowest BCUT2D eigenvalue weighted by molar-refractivity contribution is 1.44. The Kier molecular flexibility index (Phi) is 5.13. The SMILES string of the molecule is Cc1ccc(/C(=C\C=C(C#N)C#N)Nc2ccccc2)cc1. The molecule has 0 aliphatic heterocycles. The lowest BCUT2D eigenvalue weighted by atomic mass is 10.1. The molecule has 0 amide bonds. The fourth-order valence-corrected chi connectivity index (χ4v) is 1.89. The predicted octanol–water partition coefficient (Wildman–Crippen LogP) is 4.42. The zero-order valence-electron chi connectivity index (χ0n) is 12.2. The van der Waals surface area contributed by atoms with Gasteiger partial charge >= 0.3 is 0 Å². The van der Waals surface area contributed by atoms with E-state index in [2.05, 4.69) is 5.32 Å². The van der Waals surface area contributed by atoms with Crippen LogP contribution in [0, 0.1) is 29.6 Å². The summed E-state index contributed by atoms with van der Waals surface area (Å²) >= 11 is 0. The number of nitrogens with zero attached hydrogens (tertiary/aromatic N) is 2. The van der Waals surface area contributed by atoms with Crippen LogP contribution in [0.4, 0.5) is 5.69 Å². The van der Waals surface area contributed by atoms with Crippen molar-refractivity contribution in [2.75, 3.05) is 5.32 Å². The summed E-state index contributed by atoms with van der Waals surface area (Å²) in [5.74, 6) is 0. The molecule has 0 saturated carbocycles. The van der Waals surface area contributed by atoms with Crippen LogP contribution in [0.15, 0.2) is 72.3 Å². The van der Waals surface area contributed by atoms with Crippen molar-refractivity contribution in [3.05, 3.63) is 83.4 Å². The van der Waals surface area contributed by atoms with Gasteiger partial charge in [-0.1, -0.05) is 48.0 Å². The van der Waals surface area contributed by atoms with E-state index in [1.54, 1.807) is 6.08 Å². The quantitative estimate of drug-likeness (QED) is 0.668. The summed E-state index contributed by atoms with van der Waals surface area (Å²) in [4.78, 5) is 0. The van der Waals surface area contributed by atoms with Gasteiger partial charge in [0.05, 0.1) is 0 Å². The molecular formula is C19H15N3. The maximum Gasteiger partial charge on any atom is 0.129 e. The van der Waals surface area contributed by atoms with E-state index in [-0.39, 0.29) is 5.57 Å². The summed E-state index contributed by atoms with van der Waals surface area (Å²) in [6, 6.07) is 21.5. The predicted molar refractivity (Wildman–Crippen MR) is 88.5 cm³/mol. The zero-order chi connectivity index (χ0) is 15.8. The Bertz CT molecular complexity index is 754. The molecule has 0 aliphatic rings. The van der Waals surface area contributed by atoms with Crippen molar-refractivity contribution in [3.8, 4) is 12.1 Å². The van der Waals surface area contributed by atoms with Gasteiger partial charge in [0.2, 0.25) is 0 Å². The fourth-order valence-electron chi connectivity index (χ4n) is 1.89. The van der Waals surface area contributed by atoms with Gasteiger partial charge in [0, 0.05) is 11.4 Å². The number of allylic oxidation sites excluding steroid dienone is 3. The monoisotopic (exact) mass is 285 g/mol. The third-order valence-electron chi connectivity index (χ3n) is 3.07. The summed E-state index contributed by atoms with van der Waals surface area (Å²) in [5, 5.41) is 21.0. The fraction of sp³-hybridized carbons (Fsp3) is 0.0526. The first-order valence-electron chi connectivity index (χ1n) is 6.84. The highest BCUT2D eigenvalue weighted by Crippen LogP contribution is 2.19. The molecule has 0 aromatic heterocycles. The molecule has 1 N–H and O–H groups in total. The van der Waals surface area contributed by atoms with Gasteiger partial charge in [-0.3, -0.25) is 0 Å². The largest absolute Gasteiger partial charge is 0.355 e. The van der Waals surface area contributed by atoms with Crippen molar-refractivity contribution in [2.45, 2.75) is 6.92 Å². The van der Waals surface area contributed by atoms with Gasteiger partial charge in [0.25, 0.3) is 0 Å². The van der Waals surface area contributed by atoms with Crippen molar-refractivity contribution in [1.29, 1.82) is 10.5 Å². The lowest BCUT2D eigenvalue weighted by Gasteiger charge is -2.11. The number of aryl methyl sites for hydroxylation is 1.